The Morgan fingerprint density at radius 1 is 1.05 bits per heavy atom. The molecule has 0 saturated carbocycles. The maximum absolute atomic E-state index is 13.0. The predicted molar refractivity (Wildman–Crippen MR) is 159 cm³/mol. The third-order valence-electron chi connectivity index (χ3n) is 5.79. The van der Waals surface area contributed by atoms with Crippen molar-refractivity contribution in [2.75, 3.05) is 16.8 Å². The van der Waals surface area contributed by atoms with E-state index in [1.807, 2.05) is 30.3 Å². The maximum atomic E-state index is 13.0. The molecule has 1 aromatic heterocycles. The van der Waals surface area contributed by atoms with E-state index >= 15 is 0 Å². The number of hydrogen-bond donors (Lipinski definition) is 1. The van der Waals surface area contributed by atoms with Gasteiger partial charge >= 0.3 is 6.18 Å². The Labute approximate surface area is 246 Å². The van der Waals surface area contributed by atoms with E-state index < -0.39 is 17.6 Å². The number of thiazole rings is 1. The Hall–Kier alpha value is -4.00. The molecule has 1 aliphatic rings. The molecule has 1 saturated heterocycles. The Bertz CT molecular complexity index is 1620. The van der Waals surface area contributed by atoms with E-state index in [0.717, 1.165) is 17.7 Å². The summed E-state index contributed by atoms with van der Waals surface area (Å²) in [4.78, 5) is 32.1. The third kappa shape index (κ3) is 7.20. The fraction of sp³-hybridized carbons (Fsp3) is 0.103. The summed E-state index contributed by atoms with van der Waals surface area (Å²) >= 11 is 7.80. The van der Waals surface area contributed by atoms with Gasteiger partial charge in [-0.05, 0) is 47.5 Å². The highest BCUT2D eigenvalue weighted by molar-refractivity contribution is 8.27. The molecule has 0 atom stereocenters. The largest absolute Gasteiger partial charge is 0.484 e. The highest BCUT2D eigenvalue weighted by atomic mass is 32.2. The summed E-state index contributed by atoms with van der Waals surface area (Å²) in [5.41, 5.74) is 1.27. The van der Waals surface area contributed by atoms with Crippen LogP contribution in [0.25, 0.3) is 6.08 Å². The number of ether oxygens (including phenoxy) is 1. The first-order valence-corrected chi connectivity index (χ1v) is 14.2. The lowest BCUT2D eigenvalue weighted by Gasteiger charge is -2.13. The molecule has 0 aliphatic carbocycles. The van der Waals surface area contributed by atoms with Crippen LogP contribution in [0.1, 0.15) is 21.6 Å². The molecule has 12 heteroatoms. The van der Waals surface area contributed by atoms with Crippen molar-refractivity contribution in [3.8, 4) is 5.75 Å². The topological polar surface area (TPSA) is 71.5 Å². The molecule has 0 spiro atoms. The first kappa shape index (κ1) is 28.5. The Morgan fingerprint density at radius 2 is 1.80 bits per heavy atom. The van der Waals surface area contributed by atoms with E-state index in [4.69, 9.17) is 17.0 Å². The molecule has 208 valence electrons. The number of thioether (sulfide) groups is 1. The second-order valence-electron chi connectivity index (χ2n) is 8.77. The van der Waals surface area contributed by atoms with Crippen molar-refractivity contribution in [3.63, 3.8) is 0 Å². The van der Waals surface area contributed by atoms with Crippen LogP contribution in [0.3, 0.4) is 0 Å². The number of rotatable bonds is 8. The van der Waals surface area contributed by atoms with E-state index in [0.29, 0.717) is 36.2 Å². The van der Waals surface area contributed by atoms with Crippen molar-refractivity contribution in [2.24, 2.45) is 0 Å². The maximum Gasteiger partial charge on any atom is 0.416 e. The molecule has 0 radical (unpaired) electrons. The van der Waals surface area contributed by atoms with Crippen LogP contribution in [0.2, 0.25) is 0 Å². The normalized spacial score (nSPS) is 14.5. The van der Waals surface area contributed by atoms with Crippen molar-refractivity contribution in [1.29, 1.82) is 0 Å². The molecule has 2 heterocycles. The predicted octanol–water partition coefficient (Wildman–Crippen LogP) is 7.18. The minimum atomic E-state index is -4.41. The highest BCUT2D eigenvalue weighted by Gasteiger charge is 2.33. The zero-order valence-electron chi connectivity index (χ0n) is 21.1. The monoisotopic (exact) mass is 611 g/mol. The first-order chi connectivity index (χ1) is 19.7. The van der Waals surface area contributed by atoms with Gasteiger partial charge in [0.25, 0.3) is 11.8 Å². The molecular weight excluding hydrogens is 592 g/mol. The van der Waals surface area contributed by atoms with Crippen LogP contribution in [0.4, 0.5) is 24.0 Å². The minimum absolute atomic E-state index is 0.191. The number of carbonyl (C=O) groups is 2. The summed E-state index contributed by atoms with van der Waals surface area (Å²) in [7, 11) is 0. The number of nitrogens with zero attached hydrogens (tertiary/aromatic N) is 2. The van der Waals surface area contributed by atoms with Gasteiger partial charge in [-0.2, -0.15) is 13.2 Å². The Kier molecular flexibility index (Phi) is 8.52. The van der Waals surface area contributed by atoms with Gasteiger partial charge in [-0.15, -0.1) is 11.3 Å². The van der Waals surface area contributed by atoms with Gasteiger partial charge in [-0.1, -0.05) is 72.5 Å². The average Bonchev–Trinajstić information content (AvgIpc) is 3.50. The van der Waals surface area contributed by atoms with Crippen LogP contribution in [0.15, 0.2) is 90.0 Å². The van der Waals surface area contributed by atoms with Crippen LogP contribution >= 0.6 is 35.3 Å². The van der Waals surface area contributed by atoms with Gasteiger partial charge in [0, 0.05) is 17.5 Å². The Morgan fingerprint density at radius 3 is 2.54 bits per heavy atom. The number of nitrogens with one attached hydrogen (secondary N) is 1. The number of anilines is 2. The number of benzene rings is 3. The lowest BCUT2D eigenvalue weighted by Crippen LogP contribution is -2.27. The molecule has 1 aliphatic heterocycles. The molecule has 5 rings (SSSR count). The van der Waals surface area contributed by atoms with E-state index in [1.165, 1.54) is 40.3 Å². The molecular formula is C29H20F3N3O3S3. The van der Waals surface area contributed by atoms with Crippen molar-refractivity contribution >= 4 is 68.3 Å². The van der Waals surface area contributed by atoms with E-state index in [9.17, 15) is 22.8 Å². The third-order valence-corrected chi connectivity index (χ3v) is 8.00. The van der Waals surface area contributed by atoms with Gasteiger partial charge in [-0.25, -0.2) is 4.98 Å². The van der Waals surface area contributed by atoms with Gasteiger partial charge in [-0.3, -0.25) is 19.8 Å². The summed E-state index contributed by atoms with van der Waals surface area (Å²) in [5.74, 6) is -0.166. The number of halogens is 3. The number of alkyl halides is 3. The molecule has 3 aromatic carbocycles. The lowest BCUT2D eigenvalue weighted by molar-refractivity contribution is -0.137. The fourth-order valence-electron chi connectivity index (χ4n) is 3.89. The van der Waals surface area contributed by atoms with Gasteiger partial charge in [0.05, 0.1) is 16.2 Å². The van der Waals surface area contributed by atoms with Crippen molar-refractivity contribution in [2.45, 2.75) is 12.6 Å². The van der Waals surface area contributed by atoms with Crippen molar-refractivity contribution in [3.05, 3.63) is 112 Å². The number of amides is 2. The van der Waals surface area contributed by atoms with E-state index in [-0.39, 0.29) is 18.9 Å². The van der Waals surface area contributed by atoms with Crippen molar-refractivity contribution in [1.82, 2.24) is 4.98 Å². The zero-order valence-corrected chi connectivity index (χ0v) is 23.5. The van der Waals surface area contributed by atoms with Gasteiger partial charge in [0.15, 0.2) is 16.1 Å². The minimum Gasteiger partial charge on any atom is -0.484 e. The van der Waals surface area contributed by atoms with Crippen LogP contribution in [0, 0.1) is 0 Å². The summed E-state index contributed by atoms with van der Waals surface area (Å²) in [6.45, 7) is -0.266. The SMILES string of the molecule is O=C(COc1ccc(/C=C2\SC(=S)N(c3ccccc3)C2=O)cc1)Nc1ncc(Cc2cccc(C(F)(F)F)c2)s1. The van der Waals surface area contributed by atoms with E-state index in [1.54, 1.807) is 36.4 Å². The summed E-state index contributed by atoms with van der Waals surface area (Å²) in [6.07, 6.45) is -0.879. The number of thiocarbonyl (C=S) groups is 1. The number of carbonyl (C=O) groups excluding carboxylic acids is 2. The second-order valence-corrected chi connectivity index (χ2v) is 11.6. The molecule has 2 amide bonds. The van der Waals surface area contributed by atoms with Gasteiger partial charge < -0.3 is 4.74 Å². The molecule has 6 nitrogen and oxygen atoms in total. The molecule has 0 bridgehead atoms. The fourth-order valence-corrected chi connectivity index (χ4v) is 6.05. The average molecular weight is 612 g/mol. The summed E-state index contributed by atoms with van der Waals surface area (Å²) in [6, 6.07) is 21.2. The van der Waals surface area contributed by atoms with Gasteiger partial charge in [0.2, 0.25) is 0 Å². The lowest BCUT2D eigenvalue weighted by atomic mass is 10.1. The second kappa shape index (κ2) is 12.2. The van der Waals surface area contributed by atoms with Crippen molar-refractivity contribution < 1.29 is 27.5 Å². The summed E-state index contributed by atoms with van der Waals surface area (Å²) in [5, 5.41) is 2.96. The molecule has 0 unspecified atom stereocenters. The van der Waals surface area contributed by atoms with Crippen LogP contribution in [0.5, 0.6) is 5.75 Å². The molecule has 4 aromatic rings. The molecule has 41 heavy (non-hydrogen) atoms. The van der Waals surface area contributed by atoms with E-state index in [2.05, 4.69) is 10.3 Å². The number of para-hydroxylation sites is 1. The number of aromatic nitrogens is 1. The summed E-state index contributed by atoms with van der Waals surface area (Å²) < 4.78 is 44.9. The van der Waals surface area contributed by atoms with Crippen LogP contribution < -0.4 is 15.0 Å². The van der Waals surface area contributed by atoms with Crippen LogP contribution in [-0.2, 0) is 22.2 Å². The smallest absolute Gasteiger partial charge is 0.416 e. The highest BCUT2D eigenvalue weighted by Crippen LogP contribution is 2.36. The molecule has 1 fully saturated rings. The molecule has 1 N–H and O–H groups in total. The number of hydrogen-bond acceptors (Lipinski definition) is 7. The quantitative estimate of drug-likeness (QED) is 0.168. The standard InChI is InChI=1S/C29H20F3N3O3S3/c30-29(31,32)20-6-4-5-19(13-20)14-23-16-33-27(40-23)34-25(36)17-38-22-11-9-18(10-12-22)15-24-26(37)35(28(39)41-24)21-7-2-1-3-8-21/h1-13,15-16H,14,17H2,(H,33,34,36)/b24-15-. The first-order valence-electron chi connectivity index (χ1n) is 12.1. The van der Waals surface area contributed by atoms with Crippen LogP contribution in [-0.4, -0.2) is 27.7 Å². The zero-order chi connectivity index (χ0) is 29.0. The van der Waals surface area contributed by atoms with Gasteiger partial charge in [0.1, 0.15) is 5.75 Å². The Balaban J connectivity index is 1.13.